The maximum atomic E-state index is 13.9. The summed E-state index contributed by atoms with van der Waals surface area (Å²) < 4.78 is 39.8. The summed E-state index contributed by atoms with van der Waals surface area (Å²) in [5.74, 6) is 0.423. The van der Waals surface area contributed by atoms with Gasteiger partial charge in [0.15, 0.2) is 5.82 Å². The highest BCUT2D eigenvalue weighted by Crippen LogP contribution is 2.29. The van der Waals surface area contributed by atoms with Crippen molar-refractivity contribution in [3.63, 3.8) is 0 Å². The Hall–Kier alpha value is -3.93. The van der Waals surface area contributed by atoms with Gasteiger partial charge in [0.25, 0.3) is 6.43 Å². The Labute approximate surface area is 187 Å². The Kier molecular flexibility index (Phi) is 5.65. The van der Waals surface area contributed by atoms with Crippen molar-refractivity contribution in [3.05, 3.63) is 48.4 Å². The van der Waals surface area contributed by atoms with Crippen molar-refractivity contribution in [2.45, 2.75) is 6.43 Å². The zero-order valence-electron chi connectivity index (χ0n) is 17.7. The predicted octanol–water partition coefficient (Wildman–Crippen LogP) is 3.13. The Morgan fingerprint density at radius 2 is 1.79 bits per heavy atom. The normalized spacial score (nSPS) is 14.1. The lowest BCUT2D eigenvalue weighted by Crippen LogP contribution is -2.37. The summed E-state index contributed by atoms with van der Waals surface area (Å²) in [5, 5.41) is 3.07. The summed E-state index contributed by atoms with van der Waals surface area (Å²) in [6.07, 6.45) is -1.23. The van der Waals surface area contributed by atoms with E-state index in [0.29, 0.717) is 54.9 Å². The second kappa shape index (κ2) is 8.90. The predicted molar refractivity (Wildman–Crippen MR) is 117 cm³/mol. The van der Waals surface area contributed by atoms with Crippen molar-refractivity contribution in [2.24, 2.45) is 0 Å². The number of aromatic nitrogens is 6. The quantitative estimate of drug-likeness (QED) is 0.471. The Bertz CT molecular complexity index is 1280. The number of alkyl halides is 2. The number of halogens is 2. The lowest BCUT2D eigenvalue weighted by Gasteiger charge is -2.27. The number of nitrogens with one attached hydrogen (secondary N) is 1. The summed E-state index contributed by atoms with van der Waals surface area (Å²) in [7, 11) is 1.50. The fraction of sp³-hybridized carbons (Fsp3) is 0.286. The third-order valence-corrected chi connectivity index (χ3v) is 5.10. The number of imidazole rings is 1. The van der Waals surface area contributed by atoms with Gasteiger partial charge in [-0.15, -0.1) is 0 Å². The molecule has 0 unspecified atom stereocenters. The van der Waals surface area contributed by atoms with E-state index in [1.807, 2.05) is 4.90 Å². The monoisotopic (exact) mass is 454 g/mol. The van der Waals surface area contributed by atoms with Gasteiger partial charge in [-0.05, 0) is 24.3 Å². The molecule has 1 saturated heterocycles. The molecule has 1 fully saturated rings. The minimum absolute atomic E-state index is 0.0286. The second-order valence-electron chi connectivity index (χ2n) is 7.14. The number of pyridine rings is 1. The van der Waals surface area contributed by atoms with Crippen LogP contribution in [0.4, 0.5) is 26.4 Å². The molecule has 1 aliphatic heterocycles. The van der Waals surface area contributed by atoms with Crippen LogP contribution in [0.1, 0.15) is 12.2 Å². The van der Waals surface area contributed by atoms with Gasteiger partial charge < -0.3 is 19.7 Å². The summed E-state index contributed by atoms with van der Waals surface area (Å²) in [6, 6.07) is 10.3. The van der Waals surface area contributed by atoms with Crippen LogP contribution in [0, 0.1) is 0 Å². The molecule has 0 saturated carbocycles. The Morgan fingerprint density at radius 1 is 1.00 bits per heavy atom. The molecule has 0 spiro atoms. The van der Waals surface area contributed by atoms with E-state index in [0.717, 1.165) is 0 Å². The fourth-order valence-electron chi connectivity index (χ4n) is 3.58. The second-order valence-corrected chi connectivity index (χ2v) is 7.14. The minimum Gasteiger partial charge on any atom is -0.480 e. The first-order valence-corrected chi connectivity index (χ1v) is 10.2. The average molecular weight is 454 g/mol. The van der Waals surface area contributed by atoms with Gasteiger partial charge >= 0.3 is 0 Å². The number of hydrogen-bond acceptors (Lipinski definition) is 9. The third-order valence-electron chi connectivity index (χ3n) is 5.10. The van der Waals surface area contributed by atoms with E-state index in [1.54, 1.807) is 42.6 Å². The summed E-state index contributed by atoms with van der Waals surface area (Å²) in [6.45, 7) is 2.14. The maximum Gasteiger partial charge on any atom is 0.296 e. The smallest absolute Gasteiger partial charge is 0.296 e. The Morgan fingerprint density at radius 3 is 2.58 bits per heavy atom. The molecule has 10 nitrogen and oxygen atoms in total. The van der Waals surface area contributed by atoms with E-state index in [2.05, 4.69) is 30.2 Å². The number of para-hydroxylation sites is 2. The molecule has 33 heavy (non-hydrogen) atoms. The number of morpholine rings is 1. The maximum absolute atomic E-state index is 13.9. The number of ether oxygens (including phenoxy) is 2. The molecule has 0 amide bonds. The van der Waals surface area contributed by atoms with Crippen LogP contribution in [-0.2, 0) is 4.74 Å². The topological polar surface area (TPSA) is 103 Å². The van der Waals surface area contributed by atoms with Crippen molar-refractivity contribution in [1.29, 1.82) is 0 Å². The van der Waals surface area contributed by atoms with Crippen molar-refractivity contribution >= 4 is 28.6 Å². The van der Waals surface area contributed by atoms with Crippen LogP contribution < -0.4 is 15.0 Å². The van der Waals surface area contributed by atoms with Crippen molar-refractivity contribution in [3.8, 4) is 11.8 Å². The molecular weight excluding hydrogens is 434 g/mol. The van der Waals surface area contributed by atoms with E-state index in [-0.39, 0.29) is 11.9 Å². The molecule has 0 aliphatic carbocycles. The Balaban J connectivity index is 1.67. The van der Waals surface area contributed by atoms with E-state index in [9.17, 15) is 8.78 Å². The van der Waals surface area contributed by atoms with Crippen molar-refractivity contribution in [2.75, 3.05) is 43.6 Å². The van der Waals surface area contributed by atoms with Crippen LogP contribution in [0.25, 0.3) is 17.0 Å². The van der Waals surface area contributed by atoms with Gasteiger partial charge in [-0.1, -0.05) is 12.1 Å². The number of methoxy groups -OCH3 is 1. The highest BCUT2D eigenvalue weighted by Gasteiger charge is 2.24. The molecule has 4 heterocycles. The third kappa shape index (κ3) is 4.12. The van der Waals surface area contributed by atoms with Crippen LogP contribution in [0.3, 0.4) is 0 Å². The number of anilines is 3. The van der Waals surface area contributed by atoms with Gasteiger partial charge in [-0.3, -0.25) is 4.57 Å². The molecule has 1 aliphatic rings. The van der Waals surface area contributed by atoms with Crippen LogP contribution in [-0.4, -0.2) is 62.9 Å². The first-order chi connectivity index (χ1) is 16.1. The minimum atomic E-state index is -2.82. The van der Waals surface area contributed by atoms with Gasteiger partial charge in [0, 0.05) is 19.3 Å². The van der Waals surface area contributed by atoms with E-state index < -0.39 is 12.2 Å². The van der Waals surface area contributed by atoms with Gasteiger partial charge in [0.2, 0.25) is 23.7 Å². The number of rotatable bonds is 6. The van der Waals surface area contributed by atoms with Crippen LogP contribution in [0.2, 0.25) is 0 Å². The van der Waals surface area contributed by atoms with E-state index in [4.69, 9.17) is 9.47 Å². The lowest BCUT2D eigenvalue weighted by molar-refractivity contribution is 0.122. The highest BCUT2D eigenvalue weighted by atomic mass is 19.3. The molecule has 1 N–H and O–H groups in total. The highest BCUT2D eigenvalue weighted by molar-refractivity contribution is 5.77. The number of fused-ring (bicyclic) bond motifs is 1. The molecule has 3 aromatic heterocycles. The fourth-order valence-corrected chi connectivity index (χ4v) is 3.58. The van der Waals surface area contributed by atoms with Gasteiger partial charge in [-0.25, -0.2) is 18.7 Å². The molecule has 1 aromatic carbocycles. The lowest BCUT2D eigenvalue weighted by atomic mass is 10.3. The SMILES string of the molecule is COc1ncccc1Nc1nc(N2CCOCC2)nc(-n2c(C(F)F)nc3ccccc32)n1. The first kappa shape index (κ1) is 20.9. The summed E-state index contributed by atoms with van der Waals surface area (Å²) in [5.41, 5.74) is 1.41. The molecule has 170 valence electrons. The molecular formula is C21H20F2N8O2. The van der Waals surface area contributed by atoms with Crippen molar-refractivity contribution in [1.82, 2.24) is 29.5 Å². The molecule has 0 bridgehead atoms. The van der Waals surface area contributed by atoms with Crippen molar-refractivity contribution < 1.29 is 18.3 Å². The zero-order valence-corrected chi connectivity index (χ0v) is 17.7. The zero-order chi connectivity index (χ0) is 22.8. The molecule has 4 aromatic rings. The van der Waals surface area contributed by atoms with E-state index >= 15 is 0 Å². The van der Waals surface area contributed by atoms with Crippen LogP contribution in [0.5, 0.6) is 5.88 Å². The average Bonchev–Trinajstić information content (AvgIpc) is 3.25. The first-order valence-electron chi connectivity index (χ1n) is 10.2. The molecule has 0 radical (unpaired) electrons. The summed E-state index contributed by atoms with van der Waals surface area (Å²) in [4.78, 5) is 23.7. The molecule has 12 heteroatoms. The number of hydrogen-bond donors (Lipinski definition) is 1. The van der Waals surface area contributed by atoms with Gasteiger partial charge in [-0.2, -0.15) is 15.0 Å². The number of nitrogens with zero attached hydrogens (tertiary/aromatic N) is 7. The molecule has 0 atom stereocenters. The van der Waals surface area contributed by atoms with Gasteiger partial charge in [0.05, 0.1) is 31.4 Å². The standard InChI is InChI=1S/C21H20F2N8O2/c1-32-18-14(6-4-8-24-18)26-19-27-20(30-9-11-33-12-10-30)29-21(28-19)31-15-7-3-2-5-13(15)25-17(31)16(22)23/h2-8,16H,9-12H2,1H3,(H,26,27,28,29). The van der Waals surface area contributed by atoms with Gasteiger partial charge in [0.1, 0.15) is 5.69 Å². The van der Waals surface area contributed by atoms with Crippen LogP contribution in [0.15, 0.2) is 42.6 Å². The summed E-state index contributed by atoms with van der Waals surface area (Å²) >= 11 is 0. The van der Waals surface area contributed by atoms with Crippen LogP contribution >= 0.6 is 0 Å². The molecule has 5 rings (SSSR count). The number of benzene rings is 1. The van der Waals surface area contributed by atoms with E-state index in [1.165, 1.54) is 11.7 Å². The largest absolute Gasteiger partial charge is 0.480 e.